The molecular weight excluding hydrogens is 168 g/mol. The predicted octanol–water partition coefficient (Wildman–Crippen LogP) is 2.63. The average molecular weight is 185 g/mol. The van der Waals surface area contributed by atoms with E-state index in [1.807, 2.05) is 6.92 Å². The van der Waals surface area contributed by atoms with Crippen molar-refractivity contribution in [3.8, 4) is 0 Å². The average Bonchev–Trinajstić information content (AvgIpc) is 1.78. The molecule has 0 saturated carbocycles. The Morgan fingerprint density at radius 3 is 2.40 bits per heavy atom. The highest BCUT2D eigenvalue weighted by atomic mass is 35.7. The maximum Gasteiger partial charge on any atom is 0.0473 e. The van der Waals surface area contributed by atoms with Crippen LogP contribution in [0.4, 0.5) is 0 Å². The minimum absolute atomic E-state index is 0.812. The van der Waals surface area contributed by atoms with Crippen LogP contribution >= 0.6 is 19.9 Å². The van der Waals surface area contributed by atoms with Gasteiger partial charge in [0, 0.05) is 13.2 Å². The fraction of sp³-hybridized carbons (Fsp3) is 1.00. The van der Waals surface area contributed by atoms with E-state index in [2.05, 4.69) is 12.5 Å². The molecule has 0 aliphatic rings. The minimum atomic E-state index is -0.812. The lowest BCUT2D eigenvalue weighted by atomic mass is 10.5. The van der Waals surface area contributed by atoms with E-state index >= 15 is 0 Å². The van der Waals surface area contributed by atoms with Crippen molar-refractivity contribution in [2.75, 3.05) is 31.5 Å². The standard InChI is InChI=1S/C7H17ClOS/c1-4-9-6-5-7-10(2,3)8/h4-7H2,1-3H3. The van der Waals surface area contributed by atoms with Crippen LogP contribution < -0.4 is 0 Å². The number of ether oxygens (including phenoxy) is 1. The Kier molecular flexibility index (Phi) is 5.59. The van der Waals surface area contributed by atoms with Gasteiger partial charge >= 0.3 is 0 Å². The van der Waals surface area contributed by atoms with Gasteiger partial charge in [0.05, 0.1) is 0 Å². The van der Waals surface area contributed by atoms with Crippen molar-refractivity contribution in [1.29, 1.82) is 0 Å². The van der Waals surface area contributed by atoms with Gasteiger partial charge in [-0.2, -0.15) is 9.24 Å². The summed E-state index contributed by atoms with van der Waals surface area (Å²) in [5, 5.41) is 0. The van der Waals surface area contributed by atoms with Crippen molar-refractivity contribution >= 4 is 19.9 Å². The summed E-state index contributed by atoms with van der Waals surface area (Å²) in [5.74, 6) is 1.11. The third-order valence-corrected chi connectivity index (χ3v) is 2.84. The summed E-state index contributed by atoms with van der Waals surface area (Å²) in [4.78, 5) is 0. The van der Waals surface area contributed by atoms with Crippen molar-refractivity contribution in [1.82, 2.24) is 0 Å². The molecule has 0 N–H and O–H groups in total. The highest BCUT2D eigenvalue weighted by molar-refractivity contribution is 8.50. The molecule has 0 fully saturated rings. The summed E-state index contributed by atoms with van der Waals surface area (Å²) < 4.78 is 5.18. The molecule has 0 rings (SSSR count). The molecular formula is C7H17ClOS. The maximum absolute atomic E-state index is 6.04. The lowest BCUT2D eigenvalue weighted by Crippen LogP contribution is -2.00. The molecule has 0 saturated heterocycles. The molecule has 10 heavy (non-hydrogen) atoms. The Morgan fingerprint density at radius 1 is 1.40 bits per heavy atom. The van der Waals surface area contributed by atoms with Crippen molar-refractivity contribution in [3.63, 3.8) is 0 Å². The van der Waals surface area contributed by atoms with E-state index in [1.54, 1.807) is 0 Å². The SMILES string of the molecule is CCOCCCS(C)(C)Cl. The molecule has 0 spiro atoms. The van der Waals surface area contributed by atoms with Gasteiger partial charge in [0.25, 0.3) is 0 Å². The topological polar surface area (TPSA) is 9.23 Å². The molecule has 0 aromatic rings. The highest BCUT2D eigenvalue weighted by Crippen LogP contribution is 2.45. The zero-order chi connectivity index (χ0) is 8.04. The lowest BCUT2D eigenvalue weighted by Gasteiger charge is -2.20. The normalized spacial score (nSPS) is 13.6. The molecule has 0 aliphatic carbocycles. The number of rotatable bonds is 5. The Labute approximate surface area is 69.9 Å². The number of halogens is 1. The summed E-state index contributed by atoms with van der Waals surface area (Å²) >= 11 is 0. The summed E-state index contributed by atoms with van der Waals surface area (Å²) in [6, 6.07) is 0. The van der Waals surface area contributed by atoms with Crippen molar-refractivity contribution in [3.05, 3.63) is 0 Å². The Hall–Kier alpha value is 0.600. The van der Waals surface area contributed by atoms with E-state index < -0.39 is 9.24 Å². The fourth-order valence-electron chi connectivity index (χ4n) is 0.649. The molecule has 0 unspecified atom stereocenters. The monoisotopic (exact) mass is 184 g/mol. The molecule has 64 valence electrons. The summed E-state index contributed by atoms with van der Waals surface area (Å²) in [6.07, 6.45) is 5.32. The van der Waals surface area contributed by atoms with Gasteiger partial charge in [-0.05, 0) is 31.6 Å². The van der Waals surface area contributed by atoms with Crippen LogP contribution in [0.25, 0.3) is 0 Å². The fourth-order valence-corrected chi connectivity index (χ4v) is 1.78. The Morgan fingerprint density at radius 2 is 2.00 bits per heavy atom. The van der Waals surface area contributed by atoms with Gasteiger partial charge in [0.15, 0.2) is 0 Å². The van der Waals surface area contributed by atoms with E-state index in [-0.39, 0.29) is 0 Å². The van der Waals surface area contributed by atoms with Crippen LogP contribution in [-0.2, 0) is 4.74 Å². The minimum Gasteiger partial charge on any atom is -0.382 e. The van der Waals surface area contributed by atoms with Gasteiger partial charge in [-0.25, -0.2) is 0 Å². The lowest BCUT2D eigenvalue weighted by molar-refractivity contribution is 0.149. The van der Waals surface area contributed by atoms with Gasteiger partial charge in [-0.15, -0.1) is 0 Å². The second-order valence-corrected chi connectivity index (χ2v) is 8.38. The van der Waals surface area contributed by atoms with Crippen molar-refractivity contribution in [2.45, 2.75) is 13.3 Å². The molecule has 0 heterocycles. The largest absolute Gasteiger partial charge is 0.382 e. The van der Waals surface area contributed by atoms with E-state index in [1.165, 1.54) is 0 Å². The molecule has 3 heteroatoms. The molecule has 0 aromatic heterocycles. The smallest absolute Gasteiger partial charge is 0.0473 e. The van der Waals surface area contributed by atoms with Crippen LogP contribution in [0.1, 0.15) is 13.3 Å². The first-order valence-electron chi connectivity index (χ1n) is 3.54. The molecule has 0 aliphatic heterocycles. The molecule has 0 amide bonds. The van der Waals surface area contributed by atoms with E-state index in [4.69, 9.17) is 15.4 Å². The highest BCUT2D eigenvalue weighted by Gasteiger charge is 2.04. The van der Waals surface area contributed by atoms with Crippen LogP contribution in [-0.4, -0.2) is 31.5 Å². The van der Waals surface area contributed by atoms with Crippen molar-refractivity contribution in [2.24, 2.45) is 0 Å². The molecule has 1 nitrogen and oxygen atoms in total. The first-order chi connectivity index (χ1) is 4.56. The first-order valence-corrected chi connectivity index (χ1v) is 6.99. The first kappa shape index (κ1) is 10.6. The Bertz CT molecular complexity index is 80.2. The van der Waals surface area contributed by atoms with Gasteiger partial charge in [0.1, 0.15) is 0 Å². The van der Waals surface area contributed by atoms with E-state index in [9.17, 15) is 0 Å². The van der Waals surface area contributed by atoms with Crippen LogP contribution in [0.5, 0.6) is 0 Å². The zero-order valence-electron chi connectivity index (χ0n) is 7.02. The quantitative estimate of drug-likeness (QED) is 0.597. The predicted molar refractivity (Wildman–Crippen MR) is 51.3 cm³/mol. The number of hydrogen-bond acceptors (Lipinski definition) is 1. The Balaban J connectivity index is 3.04. The van der Waals surface area contributed by atoms with Crippen LogP contribution in [0.2, 0.25) is 0 Å². The van der Waals surface area contributed by atoms with Crippen LogP contribution in [0.3, 0.4) is 0 Å². The van der Waals surface area contributed by atoms with Gasteiger partial charge in [-0.1, -0.05) is 10.7 Å². The molecule has 0 radical (unpaired) electrons. The third-order valence-electron chi connectivity index (χ3n) is 1.12. The van der Waals surface area contributed by atoms with Crippen molar-refractivity contribution < 1.29 is 4.74 Å². The summed E-state index contributed by atoms with van der Waals surface area (Å²) in [6.45, 7) is 3.69. The summed E-state index contributed by atoms with van der Waals surface area (Å²) in [7, 11) is 5.23. The number of hydrogen-bond donors (Lipinski definition) is 0. The van der Waals surface area contributed by atoms with Gasteiger partial charge < -0.3 is 4.74 Å². The molecule has 0 aromatic carbocycles. The second-order valence-electron chi connectivity index (χ2n) is 2.66. The van der Waals surface area contributed by atoms with Crippen LogP contribution in [0.15, 0.2) is 0 Å². The van der Waals surface area contributed by atoms with Gasteiger partial charge in [-0.3, -0.25) is 0 Å². The third kappa shape index (κ3) is 8.60. The zero-order valence-corrected chi connectivity index (χ0v) is 8.60. The van der Waals surface area contributed by atoms with Gasteiger partial charge in [0.2, 0.25) is 0 Å². The molecule has 0 bridgehead atoms. The van der Waals surface area contributed by atoms with E-state index in [0.717, 1.165) is 25.4 Å². The second kappa shape index (κ2) is 5.28. The van der Waals surface area contributed by atoms with Crippen LogP contribution in [0, 0.1) is 0 Å². The molecule has 0 atom stereocenters. The van der Waals surface area contributed by atoms with E-state index in [0.29, 0.717) is 0 Å². The maximum atomic E-state index is 6.04. The summed E-state index contributed by atoms with van der Waals surface area (Å²) in [5.41, 5.74) is 0.